The average Bonchev–Trinajstić information content (AvgIpc) is 2.58. The van der Waals surface area contributed by atoms with Crippen LogP contribution in [0.4, 0.5) is 0 Å². The quantitative estimate of drug-likeness (QED) is 0.382. The van der Waals surface area contributed by atoms with Crippen molar-refractivity contribution in [3.63, 3.8) is 0 Å². The van der Waals surface area contributed by atoms with Crippen LogP contribution in [0.5, 0.6) is 0 Å². The molecule has 0 aliphatic carbocycles. The largest absolute Gasteiger partial charge is 0.481 e. The molecule has 0 aromatic heterocycles. The molecule has 0 aliphatic heterocycles. The van der Waals surface area contributed by atoms with Crippen LogP contribution in [0, 0.1) is 0 Å². The predicted molar refractivity (Wildman–Crippen MR) is 98.9 cm³/mol. The smallest absolute Gasteiger partial charge is 0.303 e. The van der Waals surface area contributed by atoms with Crippen molar-refractivity contribution in [2.24, 2.45) is 0 Å². The van der Waals surface area contributed by atoms with Crippen LogP contribution >= 0.6 is 0 Å². The average molecular weight is 330 g/mol. The van der Waals surface area contributed by atoms with Gasteiger partial charge in [-0.3, -0.25) is 4.79 Å². The molecule has 0 saturated carbocycles. The van der Waals surface area contributed by atoms with Crippen LogP contribution in [-0.2, 0) is 16.1 Å². The molecule has 132 valence electrons. The molecule has 0 fully saturated rings. The molecular formula is C21H30O3. The number of hydrogen-bond donors (Lipinski definition) is 1. The first kappa shape index (κ1) is 20.2. The molecule has 0 heterocycles. The first-order valence-electron chi connectivity index (χ1n) is 8.86. The minimum Gasteiger partial charge on any atom is -0.481 e. The van der Waals surface area contributed by atoms with Crippen molar-refractivity contribution in [3.8, 4) is 0 Å². The number of carbonyl (C=O) groups is 1. The Morgan fingerprint density at radius 2 is 1.75 bits per heavy atom. The van der Waals surface area contributed by atoms with Crippen LogP contribution in [0.2, 0.25) is 0 Å². The van der Waals surface area contributed by atoms with E-state index in [0.717, 1.165) is 38.5 Å². The molecule has 1 N–H and O–H groups in total. The van der Waals surface area contributed by atoms with Crippen molar-refractivity contribution >= 4 is 5.97 Å². The van der Waals surface area contributed by atoms with Gasteiger partial charge in [0.25, 0.3) is 0 Å². The van der Waals surface area contributed by atoms with Crippen LogP contribution in [0.1, 0.15) is 57.4 Å². The van der Waals surface area contributed by atoms with Gasteiger partial charge in [-0.25, -0.2) is 0 Å². The van der Waals surface area contributed by atoms with Crippen LogP contribution in [0.15, 0.2) is 54.6 Å². The van der Waals surface area contributed by atoms with Gasteiger partial charge in [0.05, 0.1) is 12.7 Å². The first-order valence-corrected chi connectivity index (χ1v) is 8.86. The highest BCUT2D eigenvalue weighted by molar-refractivity contribution is 5.66. The Morgan fingerprint density at radius 1 is 1.08 bits per heavy atom. The first-order chi connectivity index (χ1) is 11.7. The second-order valence-electron chi connectivity index (χ2n) is 6.00. The van der Waals surface area contributed by atoms with Gasteiger partial charge in [0.1, 0.15) is 0 Å². The fourth-order valence-electron chi connectivity index (χ4n) is 2.30. The van der Waals surface area contributed by atoms with Gasteiger partial charge in [0, 0.05) is 6.42 Å². The normalized spacial score (nSPS) is 12.9. The molecule has 24 heavy (non-hydrogen) atoms. The van der Waals surface area contributed by atoms with Crippen molar-refractivity contribution in [3.05, 3.63) is 60.2 Å². The maximum absolute atomic E-state index is 10.4. The highest BCUT2D eigenvalue weighted by Crippen LogP contribution is 2.09. The maximum atomic E-state index is 10.4. The van der Waals surface area contributed by atoms with Crippen LogP contribution in [0.25, 0.3) is 0 Å². The molecule has 1 aromatic rings. The molecular weight excluding hydrogens is 300 g/mol. The van der Waals surface area contributed by atoms with E-state index in [9.17, 15) is 4.79 Å². The number of rotatable bonds is 13. The number of carboxylic acid groups (broad SMARTS) is 1. The molecule has 3 heteroatoms. The molecule has 0 bridgehead atoms. The van der Waals surface area contributed by atoms with Gasteiger partial charge >= 0.3 is 5.97 Å². The van der Waals surface area contributed by atoms with Crippen LogP contribution in [-0.4, -0.2) is 17.2 Å². The van der Waals surface area contributed by atoms with Crippen molar-refractivity contribution in [2.75, 3.05) is 0 Å². The number of aliphatic carboxylic acids is 1. The third-order valence-corrected chi connectivity index (χ3v) is 3.73. The van der Waals surface area contributed by atoms with Gasteiger partial charge in [-0.1, -0.05) is 54.6 Å². The van der Waals surface area contributed by atoms with E-state index in [1.807, 2.05) is 18.2 Å². The number of carboxylic acids is 1. The summed E-state index contributed by atoms with van der Waals surface area (Å²) in [6.07, 6.45) is 14.9. The number of hydrogen-bond acceptors (Lipinski definition) is 2. The molecule has 1 unspecified atom stereocenters. The van der Waals surface area contributed by atoms with Gasteiger partial charge in [0.2, 0.25) is 0 Å². The summed E-state index contributed by atoms with van der Waals surface area (Å²) in [5.41, 5.74) is 1.22. The lowest BCUT2D eigenvalue weighted by Crippen LogP contribution is -2.07. The molecule has 0 amide bonds. The third-order valence-electron chi connectivity index (χ3n) is 3.73. The van der Waals surface area contributed by atoms with E-state index in [1.165, 1.54) is 5.56 Å². The number of unbranched alkanes of at least 4 members (excludes halogenated alkanes) is 2. The highest BCUT2D eigenvalue weighted by atomic mass is 16.5. The standard InChI is InChI=1S/C21H30O3/c1-19(24-18-20-15-11-9-12-16-20)14-10-7-5-3-2-4-6-8-13-17-21(22)23/h3-6,9,11-12,15-16,19H,2,7-8,10,13-14,17-18H2,1H3,(H,22,23). The van der Waals surface area contributed by atoms with E-state index >= 15 is 0 Å². The topological polar surface area (TPSA) is 46.5 Å². The van der Waals surface area contributed by atoms with Crippen molar-refractivity contribution in [2.45, 2.75) is 64.6 Å². The van der Waals surface area contributed by atoms with E-state index in [0.29, 0.717) is 6.61 Å². The van der Waals surface area contributed by atoms with Gasteiger partial charge in [0.15, 0.2) is 0 Å². The van der Waals surface area contributed by atoms with Gasteiger partial charge in [-0.15, -0.1) is 0 Å². The zero-order chi connectivity index (χ0) is 17.5. The zero-order valence-corrected chi connectivity index (χ0v) is 14.7. The summed E-state index contributed by atoms with van der Waals surface area (Å²) in [6, 6.07) is 10.3. The van der Waals surface area contributed by atoms with E-state index in [4.69, 9.17) is 9.84 Å². The molecule has 1 atom stereocenters. The van der Waals surface area contributed by atoms with E-state index in [2.05, 4.69) is 43.4 Å². The van der Waals surface area contributed by atoms with Gasteiger partial charge in [-0.2, -0.15) is 0 Å². The molecule has 0 radical (unpaired) electrons. The number of benzene rings is 1. The minimum absolute atomic E-state index is 0.255. The molecule has 0 saturated heterocycles. The predicted octanol–water partition coefficient (Wildman–Crippen LogP) is 5.52. The summed E-state index contributed by atoms with van der Waals surface area (Å²) in [6.45, 7) is 2.82. The summed E-state index contributed by atoms with van der Waals surface area (Å²) in [7, 11) is 0. The van der Waals surface area contributed by atoms with Crippen molar-refractivity contribution in [1.82, 2.24) is 0 Å². The fourth-order valence-corrected chi connectivity index (χ4v) is 2.30. The third kappa shape index (κ3) is 11.7. The Morgan fingerprint density at radius 3 is 2.42 bits per heavy atom. The summed E-state index contributed by atoms with van der Waals surface area (Å²) < 4.78 is 5.85. The highest BCUT2D eigenvalue weighted by Gasteiger charge is 2.01. The zero-order valence-electron chi connectivity index (χ0n) is 14.7. The summed E-state index contributed by atoms with van der Waals surface area (Å²) in [5, 5.41) is 8.52. The molecule has 0 spiro atoms. The van der Waals surface area contributed by atoms with E-state index in [1.54, 1.807) is 0 Å². The fraction of sp³-hybridized carbons (Fsp3) is 0.476. The Balaban J connectivity index is 1.96. The Hall–Kier alpha value is -1.87. The van der Waals surface area contributed by atoms with Gasteiger partial charge < -0.3 is 9.84 Å². The SMILES string of the molecule is CC(CCCC=CCC=CCCCC(=O)O)OCc1ccccc1. The van der Waals surface area contributed by atoms with Crippen LogP contribution in [0.3, 0.4) is 0 Å². The summed E-state index contributed by atoms with van der Waals surface area (Å²) in [4.78, 5) is 10.4. The maximum Gasteiger partial charge on any atom is 0.303 e. The lowest BCUT2D eigenvalue weighted by Gasteiger charge is -2.12. The molecule has 1 rings (SSSR count). The minimum atomic E-state index is -0.717. The number of ether oxygens (including phenoxy) is 1. The van der Waals surface area contributed by atoms with Crippen molar-refractivity contribution in [1.29, 1.82) is 0 Å². The summed E-state index contributed by atoms with van der Waals surface area (Å²) in [5.74, 6) is -0.717. The monoisotopic (exact) mass is 330 g/mol. The Labute approximate surface area is 146 Å². The Kier molecular flexibility index (Phi) is 11.4. The second-order valence-corrected chi connectivity index (χ2v) is 6.00. The van der Waals surface area contributed by atoms with E-state index in [-0.39, 0.29) is 12.5 Å². The second kappa shape index (κ2) is 13.6. The molecule has 3 nitrogen and oxygen atoms in total. The number of allylic oxidation sites excluding steroid dienone is 4. The Bertz CT molecular complexity index is 491. The molecule has 0 aliphatic rings. The lowest BCUT2D eigenvalue weighted by atomic mass is 10.1. The van der Waals surface area contributed by atoms with Crippen molar-refractivity contribution < 1.29 is 14.6 Å². The molecule has 1 aromatic carbocycles. The van der Waals surface area contributed by atoms with Crippen LogP contribution < -0.4 is 0 Å². The van der Waals surface area contributed by atoms with Gasteiger partial charge in [-0.05, 0) is 51.0 Å². The summed E-state index contributed by atoms with van der Waals surface area (Å²) >= 11 is 0. The lowest BCUT2D eigenvalue weighted by molar-refractivity contribution is -0.137. The van der Waals surface area contributed by atoms with E-state index < -0.39 is 5.97 Å².